The van der Waals surface area contributed by atoms with Crippen LogP contribution in [-0.4, -0.2) is 39.5 Å². The highest BCUT2D eigenvalue weighted by Crippen LogP contribution is 1.87. The number of methoxy groups -OCH3 is 1. The topological polar surface area (TPSA) is 30.5 Å². The molecule has 3 nitrogen and oxygen atoms in total. The third kappa shape index (κ3) is 9.53. The highest BCUT2D eigenvalue weighted by molar-refractivity contribution is 4.87. The van der Waals surface area contributed by atoms with Gasteiger partial charge >= 0.3 is 0 Å². The van der Waals surface area contributed by atoms with Gasteiger partial charge in [0.15, 0.2) is 0 Å². The number of nitrogens with one attached hydrogen (secondary N) is 1. The second kappa shape index (κ2) is 10.5. The van der Waals surface area contributed by atoms with Crippen LogP contribution in [0.25, 0.3) is 0 Å². The molecule has 1 N–H and O–H groups in total. The molecule has 0 saturated carbocycles. The lowest BCUT2D eigenvalue weighted by molar-refractivity contribution is 0.103. The molecular formula is C11H21NO2. The van der Waals surface area contributed by atoms with E-state index in [1.807, 2.05) is 0 Å². The molecule has 0 spiro atoms. The summed E-state index contributed by atoms with van der Waals surface area (Å²) in [5.74, 6) is 2.62. The van der Waals surface area contributed by atoms with E-state index in [2.05, 4.69) is 18.2 Å². The minimum atomic E-state index is 0.377. The van der Waals surface area contributed by atoms with Gasteiger partial charge in [-0.2, -0.15) is 0 Å². The number of rotatable bonds is 9. The van der Waals surface area contributed by atoms with Crippen molar-refractivity contribution in [1.82, 2.24) is 5.32 Å². The lowest BCUT2D eigenvalue weighted by atomic mass is 10.2. The quantitative estimate of drug-likeness (QED) is 0.444. The lowest BCUT2D eigenvalue weighted by Gasteiger charge is -2.10. The minimum absolute atomic E-state index is 0.377. The zero-order valence-corrected chi connectivity index (χ0v) is 9.21. The molecule has 0 fully saturated rings. The highest BCUT2D eigenvalue weighted by Gasteiger charge is 1.96. The second-order valence-corrected chi connectivity index (χ2v) is 3.22. The fraction of sp³-hybridized carbons (Fsp3) is 0.818. The van der Waals surface area contributed by atoms with Crippen molar-refractivity contribution in [2.45, 2.75) is 25.8 Å². The van der Waals surface area contributed by atoms with Gasteiger partial charge in [-0.25, -0.2) is 0 Å². The van der Waals surface area contributed by atoms with Crippen LogP contribution in [0.4, 0.5) is 0 Å². The fourth-order valence-electron chi connectivity index (χ4n) is 1.03. The summed E-state index contributed by atoms with van der Waals surface area (Å²) in [4.78, 5) is 0. The zero-order valence-electron chi connectivity index (χ0n) is 9.21. The monoisotopic (exact) mass is 199 g/mol. The highest BCUT2D eigenvalue weighted by atomic mass is 16.5. The standard InChI is InChI=1S/C11H21NO2/c1-4-6-11(2)12-7-10-14-9-5-8-13-3/h1,11-12H,5-10H2,2-3H3. The summed E-state index contributed by atoms with van der Waals surface area (Å²) < 4.78 is 10.3. The maximum Gasteiger partial charge on any atom is 0.0591 e. The van der Waals surface area contributed by atoms with E-state index in [0.29, 0.717) is 6.04 Å². The van der Waals surface area contributed by atoms with Crippen LogP contribution in [0.5, 0.6) is 0 Å². The maximum atomic E-state index is 5.37. The first-order chi connectivity index (χ1) is 6.81. The van der Waals surface area contributed by atoms with Crippen LogP contribution in [0, 0.1) is 12.3 Å². The van der Waals surface area contributed by atoms with E-state index in [1.54, 1.807) is 7.11 Å². The molecule has 0 radical (unpaired) electrons. The molecule has 1 atom stereocenters. The van der Waals surface area contributed by atoms with Crippen LogP contribution in [-0.2, 0) is 9.47 Å². The van der Waals surface area contributed by atoms with E-state index >= 15 is 0 Å². The van der Waals surface area contributed by atoms with Crippen LogP contribution in [0.1, 0.15) is 19.8 Å². The largest absolute Gasteiger partial charge is 0.385 e. The summed E-state index contributed by atoms with van der Waals surface area (Å²) in [6.45, 7) is 5.19. The molecule has 0 aromatic heterocycles. The van der Waals surface area contributed by atoms with Crippen LogP contribution in [0.15, 0.2) is 0 Å². The van der Waals surface area contributed by atoms with Gasteiger partial charge in [-0.3, -0.25) is 0 Å². The zero-order chi connectivity index (χ0) is 10.6. The third-order valence-corrected chi connectivity index (χ3v) is 1.80. The second-order valence-electron chi connectivity index (χ2n) is 3.22. The normalized spacial score (nSPS) is 12.4. The molecule has 1 unspecified atom stereocenters. The van der Waals surface area contributed by atoms with Gasteiger partial charge in [-0.1, -0.05) is 0 Å². The van der Waals surface area contributed by atoms with Crippen LogP contribution in [0.3, 0.4) is 0 Å². The van der Waals surface area contributed by atoms with Gasteiger partial charge in [0.05, 0.1) is 6.61 Å². The number of hydrogen-bond acceptors (Lipinski definition) is 3. The molecule has 0 amide bonds. The molecule has 0 aromatic carbocycles. The molecule has 0 rings (SSSR count). The van der Waals surface area contributed by atoms with E-state index in [9.17, 15) is 0 Å². The summed E-state index contributed by atoms with van der Waals surface area (Å²) in [5.41, 5.74) is 0. The predicted molar refractivity (Wildman–Crippen MR) is 58.2 cm³/mol. The number of ether oxygens (including phenoxy) is 2. The Balaban J connectivity index is 3.02. The van der Waals surface area contributed by atoms with Crippen molar-refractivity contribution in [3.05, 3.63) is 0 Å². The van der Waals surface area contributed by atoms with E-state index in [1.165, 1.54) is 0 Å². The summed E-state index contributed by atoms with van der Waals surface area (Å²) in [5, 5.41) is 3.28. The molecule has 14 heavy (non-hydrogen) atoms. The summed E-state index contributed by atoms with van der Waals surface area (Å²) in [7, 11) is 1.70. The molecule has 0 saturated heterocycles. The van der Waals surface area contributed by atoms with Crippen molar-refractivity contribution < 1.29 is 9.47 Å². The van der Waals surface area contributed by atoms with Gasteiger partial charge in [0.25, 0.3) is 0 Å². The Kier molecular flexibility index (Phi) is 10.1. The molecule has 0 bridgehead atoms. The Morgan fingerprint density at radius 2 is 2.14 bits per heavy atom. The molecule has 0 aliphatic carbocycles. The Morgan fingerprint density at radius 1 is 1.36 bits per heavy atom. The molecule has 3 heteroatoms. The van der Waals surface area contributed by atoms with Gasteiger partial charge in [-0.05, 0) is 13.3 Å². The van der Waals surface area contributed by atoms with Crippen LogP contribution >= 0.6 is 0 Å². The van der Waals surface area contributed by atoms with Crippen molar-refractivity contribution in [3.63, 3.8) is 0 Å². The first kappa shape index (κ1) is 13.4. The van der Waals surface area contributed by atoms with Crippen molar-refractivity contribution in [2.75, 3.05) is 33.5 Å². The Hall–Kier alpha value is -0.560. The molecule has 0 heterocycles. The van der Waals surface area contributed by atoms with Gasteiger partial charge in [0.1, 0.15) is 0 Å². The maximum absolute atomic E-state index is 5.37. The van der Waals surface area contributed by atoms with Crippen molar-refractivity contribution in [1.29, 1.82) is 0 Å². The predicted octanol–water partition coefficient (Wildman–Crippen LogP) is 1.04. The van der Waals surface area contributed by atoms with E-state index < -0.39 is 0 Å². The van der Waals surface area contributed by atoms with E-state index in [0.717, 1.165) is 39.2 Å². The van der Waals surface area contributed by atoms with E-state index in [4.69, 9.17) is 15.9 Å². The molecule has 0 aliphatic heterocycles. The summed E-state index contributed by atoms with van der Waals surface area (Å²) >= 11 is 0. The van der Waals surface area contributed by atoms with Crippen molar-refractivity contribution >= 4 is 0 Å². The van der Waals surface area contributed by atoms with Crippen LogP contribution < -0.4 is 5.32 Å². The molecular weight excluding hydrogens is 178 g/mol. The molecule has 82 valence electrons. The smallest absolute Gasteiger partial charge is 0.0591 e. The van der Waals surface area contributed by atoms with Gasteiger partial charge in [0, 0.05) is 39.3 Å². The Labute approximate surface area is 87.2 Å². The van der Waals surface area contributed by atoms with Crippen LogP contribution in [0.2, 0.25) is 0 Å². The van der Waals surface area contributed by atoms with Crippen molar-refractivity contribution in [2.24, 2.45) is 0 Å². The SMILES string of the molecule is C#CCC(C)NCCOCCCOC. The summed E-state index contributed by atoms with van der Waals surface area (Å²) in [6.07, 6.45) is 6.90. The number of hydrogen-bond donors (Lipinski definition) is 1. The van der Waals surface area contributed by atoms with Gasteiger partial charge in [0.2, 0.25) is 0 Å². The average molecular weight is 199 g/mol. The minimum Gasteiger partial charge on any atom is -0.385 e. The molecule has 0 aromatic rings. The summed E-state index contributed by atoms with van der Waals surface area (Å²) in [6, 6.07) is 0.377. The lowest BCUT2D eigenvalue weighted by Crippen LogP contribution is -2.29. The van der Waals surface area contributed by atoms with Gasteiger partial charge in [-0.15, -0.1) is 12.3 Å². The molecule has 0 aliphatic rings. The average Bonchev–Trinajstić information content (AvgIpc) is 2.17. The number of terminal acetylenes is 1. The first-order valence-corrected chi connectivity index (χ1v) is 5.04. The Morgan fingerprint density at radius 3 is 2.79 bits per heavy atom. The van der Waals surface area contributed by atoms with E-state index in [-0.39, 0.29) is 0 Å². The Bertz CT molecular complexity index is 154. The van der Waals surface area contributed by atoms with Gasteiger partial charge < -0.3 is 14.8 Å². The van der Waals surface area contributed by atoms with Crippen molar-refractivity contribution in [3.8, 4) is 12.3 Å². The third-order valence-electron chi connectivity index (χ3n) is 1.80. The fourth-order valence-corrected chi connectivity index (χ4v) is 1.03. The first-order valence-electron chi connectivity index (χ1n) is 5.04.